The van der Waals surface area contributed by atoms with Gasteiger partial charge in [-0.15, -0.1) is 63.2 Å². The average Bonchev–Trinajstić information content (AvgIpc) is 3.66. The van der Waals surface area contributed by atoms with Crippen molar-refractivity contribution in [1.29, 1.82) is 0 Å². The van der Waals surface area contributed by atoms with Gasteiger partial charge >= 0.3 is 0 Å². The van der Waals surface area contributed by atoms with Gasteiger partial charge in [0.1, 0.15) is 0 Å². The zero-order valence-corrected chi connectivity index (χ0v) is 41.5. The van der Waals surface area contributed by atoms with Gasteiger partial charge < -0.3 is 5.11 Å². The first-order chi connectivity index (χ1) is 32.5. The summed E-state index contributed by atoms with van der Waals surface area (Å²) in [7, 11) is 0. The Hall–Kier alpha value is -5.23. The number of aromatic hydroxyl groups is 1. The number of fused-ring (bicyclic) bond motifs is 1. The van der Waals surface area contributed by atoms with Crippen molar-refractivity contribution in [3.05, 3.63) is 202 Å². The van der Waals surface area contributed by atoms with Crippen molar-refractivity contribution in [2.45, 2.75) is 118 Å². The summed E-state index contributed by atoms with van der Waals surface area (Å²) in [5.74, 6) is -0.0641. The second-order valence-corrected chi connectivity index (χ2v) is 21.3. The van der Waals surface area contributed by atoms with Gasteiger partial charge in [-0.2, -0.15) is 35.9 Å². The Bertz CT molecular complexity index is 3200. The largest absolute Gasteiger partial charge is 0.517 e. The van der Waals surface area contributed by atoms with Crippen LogP contribution in [0.1, 0.15) is 149 Å². The summed E-state index contributed by atoms with van der Waals surface area (Å²) >= 11 is 0. The van der Waals surface area contributed by atoms with Crippen LogP contribution in [0.15, 0.2) is 133 Å². The van der Waals surface area contributed by atoms with Gasteiger partial charge in [-0.05, 0) is 67.8 Å². The van der Waals surface area contributed by atoms with Crippen molar-refractivity contribution in [2.24, 2.45) is 0 Å². The van der Waals surface area contributed by atoms with Crippen molar-refractivity contribution in [3.8, 4) is 50.3 Å². The normalized spacial score (nSPS) is 16.0. The molecule has 0 bridgehead atoms. The minimum atomic E-state index is -2.81. The van der Waals surface area contributed by atoms with Crippen LogP contribution in [-0.4, -0.2) is 5.11 Å². The van der Waals surface area contributed by atoms with Crippen LogP contribution in [0.25, 0.3) is 50.1 Å². The number of rotatable bonds is 6. The molecule has 0 radical (unpaired) electrons. The summed E-state index contributed by atoms with van der Waals surface area (Å²) in [6.07, 6.45) is 3.99. The van der Waals surface area contributed by atoms with Crippen LogP contribution in [0.2, 0.25) is 0 Å². The molecule has 0 saturated heterocycles. The van der Waals surface area contributed by atoms with Crippen LogP contribution in [0.3, 0.4) is 0 Å². The van der Waals surface area contributed by atoms with Gasteiger partial charge in [0.2, 0.25) is 0 Å². The Morgan fingerprint density at radius 2 is 1.17 bits per heavy atom. The topological polar surface area (TPSA) is 20.2 Å². The Labute approximate surface area is 408 Å². The molecule has 64 heavy (non-hydrogen) atoms. The maximum Gasteiger partial charge on any atom is 0.0862 e. The second kappa shape index (κ2) is 17.3. The first-order valence-corrected chi connectivity index (χ1v) is 22.0. The Morgan fingerprint density at radius 3 is 1.81 bits per heavy atom. The molecule has 0 saturated carbocycles. The quantitative estimate of drug-likeness (QED) is 0.165. The van der Waals surface area contributed by atoms with E-state index in [-0.39, 0.29) is 60.0 Å². The van der Waals surface area contributed by atoms with Gasteiger partial charge in [-0.1, -0.05) is 197 Å². The van der Waals surface area contributed by atoms with E-state index in [1.165, 1.54) is 5.56 Å². The van der Waals surface area contributed by atoms with Crippen LogP contribution in [0, 0.1) is 25.1 Å². The molecule has 7 aromatic carbocycles. The molecule has 0 fully saturated rings. The van der Waals surface area contributed by atoms with Crippen LogP contribution >= 0.6 is 0 Å². The molecule has 0 amide bonds. The van der Waals surface area contributed by atoms with E-state index in [0.717, 1.165) is 66.8 Å². The van der Waals surface area contributed by atoms with Gasteiger partial charge in [0.15, 0.2) is 0 Å². The maximum absolute atomic E-state index is 12.6. The fraction of sp³-hybridized carbons (Fsp3) is 0.290. The Morgan fingerprint density at radius 1 is 0.531 bits per heavy atom. The fourth-order valence-corrected chi connectivity index (χ4v) is 8.60. The minimum Gasteiger partial charge on any atom is -0.517 e. The van der Waals surface area contributed by atoms with Crippen molar-refractivity contribution < 1.29 is 35.8 Å². The van der Waals surface area contributed by atoms with E-state index in [9.17, 15) is 5.11 Å². The molecule has 330 valence electrons. The SMILES string of the molecule is [2H]c1c([2H])c(C([2H])([2H])[2H])c([2H])c([2H])c1-c1cc[c-]c(-c2[c-]c(-c3cccc4c3[C-]=C(c3cc(C(C)(C)C)cc(C(C)(C)C)c3O)C4c3ccc(C(C)(C)C)cc3-c3ccccc3)cc(C(C)(C)C)c2)c1.[Pt]. The molecule has 1 unspecified atom stereocenters. The smallest absolute Gasteiger partial charge is 0.0862 e. The molecule has 1 aliphatic carbocycles. The van der Waals surface area contributed by atoms with E-state index in [2.05, 4.69) is 186 Å². The molecule has 1 N–H and O–H groups in total. The summed E-state index contributed by atoms with van der Waals surface area (Å²) in [6, 6.07) is 42.6. The standard InChI is InChI=1S/C62H63O.Pt/c1-39-25-27-40(28-26-39)42-21-17-22-43(31-42)44-32-45(34-47(33-44)60(5,6)7)49-23-18-24-50-53(49)38-54(55-36-48(61(8,9)10)37-56(58(55)63)62(11,12)13)57(50)51-30-29-46(59(2,3)4)35-52(51)41-19-15-14-16-20-41;/h14-21,23-31,33-37,57,63H,1-13H3;/q-3;/i1D3,25D,26D,27D,28D;. The van der Waals surface area contributed by atoms with Gasteiger partial charge in [0.25, 0.3) is 0 Å². The van der Waals surface area contributed by atoms with Gasteiger partial charge in [-0.3, -0.25) is 0 Å². The molecule has 1 atom stereocenters. The van der Waals surface area contributed by atoms with Crippen molar-refractivity contribution in [1.82, 2.24) is 0 Å². The van der Waals surface area contributed by atoms with Crippen LogP contribution in [0.5, 0.6) is 5.75 Å². The number of allylic oxidation sites excluding steroid dienone is 1. The van der Waals surface area contributed by atoms with Crippen LogP contribution < -0.4 is 0 Å². The Balaban J connectivity index is 0.00000741. The van der Waals surface area contributed by atoms with Crippen molar-refractivity contribution in [2.75, 3.05) is 0 Å². The van der Waals surface area contributed by atoms with Crippen LogP contribution in [0.4, 0.5) is 0 Å². The van der Waals surface area contributed by atoms with E-state index >= 15 is 0 Å². The molecule has 1 aliphatic rings. The number of hydrogen-bond donors (Lipinski definition) is 1. The molecule has 8 rings (SSSR count). The van der Waals surface area contributed by atoms with E-state index in [1.54, 1.807) is 18.2 Å². The summed E-state index contributed by atoms with van der Waals surface area (Å²) in [6.45, 7) is 23.4. The molecule has 0 spiro atoms. The summed E-state index contributed by atoms with van der Waals surface area (Å²) < 4.78 is 58.7. The van der Waals surface area contributed by atoms with Gasteiger partial charge in [0.05, 0.1) is 11.2 Å². The first-order valence-electron chi connectivity index (χ1n) is 25.5. The zero-order chi connectivity index (χ0) is 51.2. The predicted molar refractivity (Wildman–Crippen MR) is 268 cm³/mol. The van der Waals surface area contributed by atoms with E-state index in [0.29, 0.717) is 16.7 Å². The molecule has 0 heterocycles. The molecule has 7 aromatic rings. The third kappa shape index (κ3) is 9.30. The zero-order valence-electron chi connectivity index (χ0n) is 46.2. The number of benzene rings is 7. The summed E-state index contributed by atoms with van der Waals surface area (Å²) in [5.41, 5.74) is 13.1. The van der Waals surface area contributed by atoms with Gasteiger partial charge in [0, 0.05) is 25.2 Å². The van der Waals surface area contributed by atoms with E-state index < -0.39 is 36.6 Å². The summed E-state index contributed by atoms with van der Waals surface area (Å²) in [5, 5.41) is 12.6. The third-order valence-corrected chi connectivity index (χ3v) is 12.4. The average molecular weight is 1030 g/mol. The summed E-state index contributed by atoms with van der Waals surface area (Å²) in [4.78, 5) is 0. The number of phenols is 1. The van der Waals surface area contributed by atoms with Crippen molar-refractivity contribution >= 4 is 5.57 Å². The first kappa shape index (κ1) is 38.1. The third-order valence-electron chi connectivity index (χ3n) is 12.4. The molecular weight excluding hydrogens is 956 g/mol. The number of hydrogen-bond acceptors (Lipinski definition) is 1. The minimum absolute atomic E-state index is 0. The monoisotopic (exact) mass is 1030 g/mol. The molecule has 0 aliphatic heterocycles. The Kier molecular flexibility index (Phi) is 10.3. The van der Waals surface area contributed by atoms with E-state index in [4.69, 9.17) is 9.60 Å². The molecular formula is C62H63OPt-3. The fourth-order valence-electron chi connectivity index (χ4n) is 8.60. The molecule has 0 aromatic heterocycles. The molecule has 1 nitrogen and oxygen atoms in total. The van der Waals surface area contributed by atoms with Crippen LogP contribution in [-0.2, 0) is 42.7 Å². The van der Waals surface area contributed by atoms with Gasteiger partial charge in [-0.25, -0.2) is 5.56 Å². The molecule has 2 heteroatoms. The number of phenolic OH excluding ortho intramolecular Hbond substituents is 1. The van der Waals surface area contributed by atoms with E-state index in [1.807, 2.05) is 6.07 Å². The predicted octanol–water partition coefficient (Wildman–Crippen LogP) is 16.5. The second-order valence-electron chi connectivity index (χ2n) is 21.3. The van der Waals surface area contributed by atoms with Crippen molar-refractivity contribution in [3.63, 3.8) is 0 Å². The maximum atomic E-state index is 12.6.